The van der Waals surface area contributed by atoms with Gasteiger partial charge in [0.15, 0.2) is 5.13 Å². The van der Waals surface area contributed by atoms with Gasteiger partial charge in [0.25, 0.3) is 0 Å². The number of benzene rings is 1. The molecular weight excluding hydrogens is 395 g/mol. The van der Waals surface area contributed by atoms with Crippen LogP contribution in [-0.2, 0) is 10.9 Å². The van der Waals surface area contributed by atoms with Gasteiger partial charge in [-0.3, -0.25) is 0 Å². The Hall–Kier alpha value is -3.21. The van der Waals surface area contributed by atoms with Gasteiger partial charge in [-0.25, -0.2) is 24.6 Å². The summed E-state index contributed by atoms with van der Waals surface area (Å²) < 4.78 is 43.3. The highest BCUT2D eigenvalue weighted by Crippen LogP contribution is 2.34. The topological polar surface area (TPSA) is 80.2 Å². The van der Waals surface area contributed by atoms with Gasteiger partial charge in [-0.05, 0) is 23.8 Å². The minimum absolute atomic E-state index is 0.156. The maximum absolute atomic E-state index is 12.8. The van der Waals surface area contributed by atoms with E-state index in [1.165, 1.54) is 16.2 Å². The summed E-state index contributed by atoms with van der Waals surface area (Å²) in [4.78, 5) is 25.5. The van der Waals surface area contributed by atoms with E-state index in [-0.39, 0.29) is 5.95 Å². The number of rotatable bonds is 4. The molecule has 3 heterocycles. The first-order valence-corrected chi connectivity index (χ1v) is 8.89. The number of nitrogens with one attached hydrogen (secondary N) is 1. The lowest BCUT2D eigenvalue weighted by Gasteiger charge is -2.09. The maximum Gasteiger partial charge on any atom is 0.433 e. The van der Waals surface area contributed by atoms with Crippen LogP contribution in [0.5, 0.6) is 0 Å². The number of nitrogens with zero attached hydrogens (tertiary/aromatic N) is 4. The van der Waals surface area contributed by atoms with Crippen molar-refractivity contribution in [2.75, 3.05) is 23.4 Å². The van der Waals surface area contributed by atoms with Crippen molar-refractivity contribution < 1.29 is 22.7 Å². The van der Waals surface area contributed by atoms with Gasteiger partial charge in [0.2, 0.25) is 5.95 Å². The number of hydrogen-bond donors (Lipinski definition) is 1. The largest absolute Gasteiger partial charge is 0.447 e. The smallest absolute Gasteiger partial charge is 0.433 e. The van der Waals surface area contributed by atoms with E-state index in [0.29, 0.717) is 24.0 Å². The van der Waals surface area contributed by atoms with Crippen molar-refractivity contribution in [3.63, 3.8) is 0 Å². The Morgan fingerprint density at radius 3 is 2.82 bits per heavy atom. The van der Waals surface area contributed by atoms with E-state index < -0.39 is 18.0 Å². The second kappa shape index (κ2) is 7.08. The number of amides is 1. The SMILES string of the molecule is O=C1OCCN1c1ncc(-c2cccc(Nc3nccc(C(F)(F)F)n3)c2)s1. The average molecular weight is 407 g/mol. The van der Waals surface area contributed by atoms with Gasteiger partial charge in [0.05, 0.1) is 11.4 Å². The summed E-state index contributed by atoms with van der Waals surface area (Å²) in [5.74, 6) is -0.156. The number of alkyl halides is 3. The van der Waals surface area contributed by atoms with Crippen molar-refractivity contribution in [3.8, 4) is 10.4 Å². The number of carbonyl (C=O) groups excluding carboxylic acids is 1. The molecule has 4 rings (SSSR count). The summed E-state index contributed by atoms with van der Waals surface area (Å²) in [6.07, 6.45) is -2.30. The van der Waals surface area contributed by atoms with Crippen molar-refractivity contribution in [3.05, 3.63) is 48.4 Å². The maximum atomic E-state index is 12.8. The summed E-state index contributed by atoms with van der Waals surface area (Å²) >= 11 is 1.31. The van der Waals surface area contributed by atoms with Gasteiger partial charge in [-0.15, -0.1) is 0 Å². The molecule has 0 spiro atoms. The molecule has 1 aromatic carbocycles. The number of ether oxygens (including phenoxy) is 1. The van der Waals surface area contributed by atoms with Gasteiger partial charge < -0.3 is 10.1 Å². The first kappa shape index (κ1) is 18.2. The van der Waals surface area contributed by atoms with Gasteiger partial charge >= 0.3 is 12.3 Å². The molecular formula is C17H12F3N5O2S. The molecule has 7 nitrogen and oxygen atoms in total. The third-order valence-electron chi connectivity index (χ3n) is 3.83. The average Bonchev–Trinajstić information content (AvgIpc) is 3.30. The molecule has 0 aliphatic carbocycles. The van der Waals surface area contributed by atoms with E-state index in [9.17, 15) is 18.0 Å². The van der Waals surface area contributed by atoms with Crippen molar-refractivity contribution in [1.82, 2.24) is 15.0 Å². The Labute approximate surface area is 160 Å². The quantitative estimate of drug-likeness (QED) is 0.694. The minimum Gasteiger partial charge on any atom is -0.447 e. The standard InChI is InChI=1S/C17H12F3N5O2S/c18-17(19,20)13-4-5-21-14(24-13)23-11-3-1-2-10(8-11)12-9-22-15(28-12)25-6-7-27-16(25)26/h1-5,8-9H,6-7H2,(H,21,23,24). The highest BCUT2D eigenvalue weighted by Gasteiger charge is 2.32. The number of carbonyl (C=O) groups is 1. The first-order valence-electron chi connectivity index (χ1n) is 8.08. The predicted octanol–water partition coefficient (Wildman–Crippen LogP) is 4.32. The summed E-state index contributed by atoms with van der Waals surface area (Å²) in [6, 6.07) is 7.81. The van der Waals surface area contributed by atoms with Crippen LogP contribution in [0.3, 0.4) is 0 Å². The molecule has 0 radical (unpaired) electrons. The Bertz CT molecular complexity index is 1020. The number of aromatic nitrogens is 3. The molecule has 1 fully saturated rings. The third kappa shape index (κ3) is 3.74. The van der Waals surface area contributed by atoms with Crippen LogP contribution in [0, 0.1) is 0 Å². The van der Waals surface area contributed by atoms with Crippen molar-refractivity contribution in [2.24, 2.45) is 0 Å². The molecule has 3 aromatic rings. The zero-order chi connectivity index (χ0) is 19.7. The zero-order valence-corrected chi connectivity index (χ0v) is 14.9. The number of halogens is 3. The fourth-order valence-electron chi connectivity index (χ4n) is 2.55. The van der Waals surface area contributed by atoms with Crippen LogP contribution in [0.15, 0.2) is 42.7 Å². The summed E-state index contributed by atoms with van der Waals surface area (Å²) in [7, 11) is 0. The number of anilines is 3. The first-order chi connectivity index (χ1) is 13.4. The lowest BCUT2D eigenvalue weighted by atomic mass is 10.2. The molecule has 1 aliphatic heterocycles. The highest BCUT2D eigenvalue weighted by atomic mass is 32.1. The molecule has 1 saturated heterocycles. The van der Waals surface area contributed by atoms with E-state index in [2.05, 4.69) is 20.3 Å². The fraction of sp³-hybridized carbons (Fsp3) is 0.176. The lowest BCUT2D eigenvalue weighted by molar-refractivity contribution is -0.141. The van der Waals surface area contributed by atoms with Gasteiger partial charge in [0, 0.05) is 18.1 Å². The summed E-state index contributed by atoms with van der Waals surface area (Å²) in [6.45, 7) is 0.768. The highest BCUT2D eigenvalue weighted by molar-refractivity contribution is 7.19. The molecule has 144 valence electrons. The van der Waals surface area contributed by atoms with Crippen LogP contribution in [-0.4, -0.2) is 34.2 Å². The summed E-state index contributed by atoms with van der Waals surface area (Å²) in [5.41, 5.74) is 0.284. The summed E-state index contributed by atoms with van der Waals surface area (Å²) in [5, 5.41) is 3.30. The lowest BCUT2D eigenvalue weighted by Crippen LogP contribution is -2.22. The molecule has 2 aromatic heterocycles. The van der Waals surface area contributed by atoms with Crippen molar-refractivity contribution in [1.29, 1.82) is 0 Å². The van der Waals surface area contributed by atoms with E-state index in [0.717, 1.165) is 22.7 Å². The number of thiazole rings is 1. The van der Waals surface area contributed by atoms with E-state index in [4.69, 9.17) is 4.74 Å². The molecule has 1 N–H and O–H groups in total. The molecule has 28 heavy (non-hydrogen) atoms. The van der Waals surface area contributed by atoms with Crippen molar-refractivity contribution in [2.45, 2.75) is 6.18 Å². The van der Waals surface area contributed by atoms with E-state index >= 15 is 0 Å². The van der Waals surface area contributed by atoms with Gasteiger partial charge in [0.1, 0.15) is 12.3 Å². The second-order valence-electron chi connectivity index (χ2n) is 5.74. The number of cyclic esters (lactones) is 1. The molecule has 1 aliphatic rings. The van der Waals surface area contributed by atoms with E-state index in [1.807, 2.05) is 6.07 Å². The van der Waals surface area contributed by atoms with Crippen LogP contribution < -0.4 is 10.2 Å². The normalized spacial score (nSPS) is 14.2. The third-order valence-corrected chi connectivity index (χ3v) is 4.90. The zero-order valence-electron chi connectivity index (χ0n) is 14.1. The monoisotopic (exact) mass is 407 g/mol. The fourth-order valence-corrected chi connectivity index (χ4v) is 3.47. The van der Waals surface area contributed by atoms with Crippen molar-refractivity contribution >= 4 is 34.2 Å². The Morgan fingerprint density at radius 1 is 1.21 bits per heavy atom. The van der Waals surface area contributed by atoms with Gasteiger partial charge in [-0.1, -0.05) is 23.5 Å². The Morgan fingerprint density at radius 2 is 2.07 bits per heavy atom. The molecule has 0 unspecified atom stereocenters. The number of hydrogen-bond acceptors (Lipinski definition) is 7. The van der Waals surface area contributed by atoms with Crippen LogP contribution in [0.1, 0.15) is 5.69 Å². The molecule has 0 atom stereocenters. The van der Waals surface area contributed by atoms with Gasteiger partial charge in [-0.2, -0.15) is 13.2 Å². The minimum atomic E-state index is -4.54. The van der Waals surface area contributed by atoms with Crippen LogP contribution >= 0.6 is 11.3 Å². The Kier molecular flexibility index (Phi) is 4.59. The van der Waals surface area contributed by atoms with Crippen LogP contribution in [0.2, 0.25) is 0 Å². The molecule has 1 amide bonds. The molecule has 0 saturated carbocycles. The molecule has 11 heteroatoms. The predicted molar refractivity (Wildman–Crippen MR) is 96.6 cm³/mol. The van der Waals surface area contributed by atoms with Crippen LogP contribution in [0.25, 0.3) is 10.4 Å². The Balaban J connectivity index is 1.56. The molecule has 0 bridgehead atoms. The second-order valence-corrected chi connectivity index (χ2v) is 6.75. The van der Waals surface area contributed by atoms with Crippen LogP contribution in [0.4, 0.5) is 34.7 Å². The van der Waals surface area contributed by atoms with E-state index in [1.54, 1.807) is 24.4 Å².